The minimum Gasteiger partial charge on any atom is -0.399 e. The molecule has 0 fully saturated rings. The predicted octanol–water partition coefficient (Wildman–Crippen LogP) is 10.1. The Morgan fingerprint density at radius 3 is 1.83 bits per heavy atom. The number of nitrogens with zero attached hydrogens (tertiary/aromatic N) is 1. The summed E-state index contributed by atoms with van der Waals surface area (Å²) < 4.78 is 0. The van der Waals surface area contributed by atoms with Crippen LogP contribution in [0.3, 0.4) is 0 Å². The zero-order valence-electron chi connectivity index (χ0n) is 30.3. The number of amides is 1. The molecular weight excluding hydrogens is 583 g/mol. The maximum atomic E-state index is 12.6. The average Bonchev–Trinajstić information content (AvgIpc) is 3.06. The molecule has 0 heterocycles. The number of carbonyl (C=O) groups excluding carboxylic acids is 1. The number of unbranched alkanes of at least 4 members (excludes halogenated alkanes) is 2. The third-order valence-electron chi connectivity index (χ3n) is 7.93. The van der Waals surface area contributed by atoms with Crippen LogP contribution in [0.1, 0.15) is 108 Å². The number of carbonyl (C=O) groups is 1. The molecule has 0 saturated carbocycles. The third kappa shape index (κ3) is 17.7. The lowest BCUT2D eigenvalue weighted by Crippen LogP contribution is -2.49. The summed E-state index contributed by atoms with van der Waals surface area (Å²) in [4.78, 5) is 14.5. The van der Waals surface area contributed by atoms with Crippen LogP contribution in [0.2, 0.25) is 0 Å². The van der Waals surface area contributed by atoms with Crippen molar-refractivity contribution in [3.05, 3.63) is 113 Å². The molecule has 46 heavy (non-hydrogen) atoms. The van der Waals surface area contributed by atoms with Gasteiger partial charge in [0.15, 0.2) is 0 Å². The Balaban J connectivity index is 0.000000696. The van der Waals surface area contributed by atoms with Gasteiger partial charge >= 0.3 is 0 Å². The topological polar surface area (TPSA) is 66.6 Å². The summed E-state index contributed by atoms with van der Waals surface area (Å²) >= 11 is 0. The minimum absolute atomic E-state index is 0.00681. The van der Waals surface area contributed by atoms with Gasteiger partial charge < -0.3 is 15.7 Å². The van der Waals surface area contributed by atoms with Crippen LogP contribution in [-0.2, 0) is 17.6 Å². The van der Waals surface area contributed by atoms with E-state index in [2.05, 4.69) is 92.9 Å². The van der Waals surface area contributed by atoms with E-state index >= 15 is 0 Å². The first-order valence-corrected chi connectivity index (χ1v) is 18.1. The van der Waals surface area contributed by atoms with Gasteiger partial charge in [-0.25, -0.2) is 0 Å². The lowest BCUT2D eigenvalue weighted by Gasteiger charge is -2.36. The molecule has 0 saturated heterocycles. The highest BCUT2D eigenvalue weighted by molar-refractivity contribution is 7.16. The Kier molecular flexibility index (Phi) is 24.5. The number of benzene rings is 3. The van der Waals surface area contributed by atoms with E-state index in [-0.39, 0.29) is 17.9 Å². The molecule has 0 aliphatic heterocycles. The van der Waals surface area contributed by atoms with Crippen LogP contribution in [0, 0.1) is 19.8 Å². The second kappa shape index (κ2) is 26.2. The summed E-state index contributed by atoms with van der Waals surface area (Å²) in [5.41, 5.74) is 12.4. The number of aryl methyl sites for hydroxylation is 3. The molecule has 0 aliphatic carbocycles. The summed E-state index contributed by atoms with van der Waals surface area (Å²) in [5.74, 6) is 0.126. The maximum absolute atomic E-state index is 12.6. The van der Waals surface area contributed by atoms with Gasteiger partial charge in [-0.15, -0.1) is 9.24 Å². The van der Waals surface area contributed by atoms with Gasteiger partial charge in [0.05, 0.1) is 12.1 Å². The third-order valence-corrected chi connectivity index (χ3v) is 8.33. The highest BCUT2D eigenvalue weighted by Gasteiger charge is 2.30. The quantitative estimate of drug-likeness (QED) is 0.181. The number of hydrogen-bond acceptors (Lipinski definition) is 3. The molecule has 0 aliphatic rings. The smallest absolute Gasteiger partial charge is 0.226 e. The fraction of sp³-hybridized carbons (Fsp3) is 0.488. The first-order valence-electron chi connectivity index (χ1n) is 17.3. The molecule has 3 N–H and O–H groups in total. The van der Waals surface area contributed by atoms with E-state index in [9.17, 15) is 9.90 Å². The molecule has 4 unspecified atom stereocenters. The second-order valence-electron chi connectivity index (χ2n) is 11.9. The molecule has 0 radical (unpaired) electrons. The Morgan fingerprint density at radius 2 is 1.43 bits per heavy atom. The largest absolute Gasteiger partial charge is 0.399 e. The highest BCUT2D eigenvalue weighted by Crippen LogP contribution is 2.20. The van der Waals surface area contributed by atoms with Crippen LogP contribution in [-0.4, -0.2) is 34.3 Å². The number of aliphatic hydroxyl groups excluding tert-OH is 1. The highest BCUT2D eigenvalue weighted by atomic mass is 31.0. The zero-order valence-corrected chi connectivity index (χ0v) is 31.4. The van der Waals surface area contributed by atoms with E-state index in [1.54, 1.807) is 0 Å². The van der Waals surface area contributed by atoms with Crippen molar-refractivity contribution in [2.75, 3.05) is 6.29 Å². The Bertz CT molecular complexity index is 1200. The van der Waals surface area contributed by atoms with Crippen molar-refractivity contribution in [2.45, 2.75) is 119 Å². The predicted molar refractivity (Wildman–Crippen MR) is 206 cm³/mol. The molecule has 3 aromatic rings. The molecule has 0 aromatic heterocycles. The van der Waals surface area contributed by atoms with Crippen molar-refractivity contribution in [1.29, 1.82) is 0 Å². The molecule has 5 heteroatoms. The van der Waals surface area contributed by atoms with E-state index in [0.29, 0.717) is 24.8 Å². The summed E-state index contributed by atoms with van der Waals surface area (Å²) in [7, 11) is 2.64. The second-order valence-corrected chi connectivity index (χ2v) is 12.3. The van der Waals surface area contributed by atoms with Gasteiger partial charge in [-0.1, -0.05) is 152 Å². The van der Waals surface area contributed by atoms with Crippen LogP contribution < -0.4 is 5.73 Å². The molecule has 0 spiro atoms. The van der Waals surface area contributed by atoms with Gasteiger partial charge in [0.1, 0.15) is 0 Å². The Hall–Kier alpha value is -2.94. The van der Waals surface area contributed by atoms with Gasteiger partial charge in [-0.3, -0.25) is 4.79 Å². The van der Waals surface area contributed by atoms with Gasteiger partial charge in [0.2, 0.25) is 5.91 Å². The molecular formula is C41H65N2O2P. The van der Waals surface area contributed by atoms with Crippen LogP contribution in [0.5, 0.6) is 0 Å². The molecule has 3 rings (SSSR count). The fourth-order valence-electron chi connectivity index (χ4n) is 4.77. The minimum atomic E-state index is -0.487. The normalized spacial score (nSPS) is 12.0. The average molecular weight is 649 g/mol. The summed E-state index contributed by atoms with van der Waals surface area (Å²) in [6, 6.07) is 26.5. The molecule has 256 valence electrons. The summed E-state index contributed by atoms with van der Waals surface area (Å²) in [5, 5.41) is 10.6. The summed E-state index contributed by atoms with van der Waals surface area (Å²) in [6.45, 7) is 20.5. The van der Waals surface area contributed by atoms with Crippen LogP contribution in [0.25, 0.3) is 5.70 Å². The zero-order chi connectivity index (χ0) is 34.9. The van der Waals surface area contributed by atoms with E-state index in [0.717, 1.165) is 30.4 Å². The van der Waals surface area contributed by atoms with E-state index in [1.165, 1.54) is 36.0 Å². The van der Waals surface area contributed by atoms with Crippen molar-refractivity contribution in [2.24, 2.45) is 11.7 Å². The standard InChI is InChI=1S/C18H30NO2P.C11H15N.C7H8.C5H12/c1-4-9-17(20)16(12-15-10-7-6-8-11-15)19(13-22)18(21)14(3)5-2;1-4-10-6-5-8(2)11(7-10)9(3)12;1-7-5-3-2-4-6-7;1-3-5-4-2/h6-8,10-11,14,16-17,20H,4-5,9,12-13,22H2,1-3H3;5-7H,3-4,12H2,1-2H3;2-6H,1H3;3-5H2,1-2H3. The van der Waals surface area contributed by atoms with Gasteiger partial charge in [0, 0.05) is 17.9 Å². The molecule has 3 aromatic carbocycles. The Morgan fingerprint density at radius 1 is 0.870 bits per heavy atom. The first kappa shape index (κ1) is 43.1. The number of rotatable bonds is 13. The lowest BCUT2D eigenvalue weighted by molar-refractivity contribution is -0.138. The van der Waals surface area contributed by atoms with E-state index in [4.69, 9.17) is 5.73 Å². The van der Waals surface area contributed by atoms with Crippen molar-refractivity contribution in [1.82, 2.24) is 4.90 Å². The molecule has 4 nitrogen and oxygen atoms in total. The number of hydrogen-bond donors (Lipinski definition) is 2. The van der Waals surface area contributed by atoms with E-state index in [1.807, 2.05) is 62.1 Å². The van der Waals surface area contributed by atoms with Crippen molar-refractivity contribution >= 4 is 20.8 Å². The molecule has 4 atom stereocenters. The van der Waals surface area contributed by atoms with Gasteiger partial charge in [-0.05, 0) is 67.9 Å². The van der Waals surface area contributed by atoms with Gasteiger partial charge in [-0.2, -0.15) is 0 Å². The van der Waals surface area contributed by atoms with Crippen molar-refractivity contribution in [3.8, 4) is 0 Å². The lowest BCUT2D eigenvalue weighted by atomic mass is 9.95. The van der Waals surface area contributed by atoms with Crippen LogP contribution >= 0.6 is 9.24 Å². The van der Waals surface area contributed by atoms with E-state index < -0.39 is 6.10 Å². The molecule has 0 bridgehead atoms. The Labute approximate surface area is 285 Å². The molecule has 1 amide bonds. The fourth-order valence-corrected chi connectivity index (χ4v) is 5.22. The SMILES string of the molecule is C=C(N)c1cc(CC)ccc1C.CCCC(O)C(Cc1ccccc1)N(CP)C(=O)C(C)CC.CCCCC.Cc1ccccc1. The number of nitrogens with two attached hydrogens (primary N) is 1. The number of aliphatic hydroxyl groups is 1. The summed E-state index contributed by atoms with van der Waals surface area (Å²) in [6.07, 6.45) is 8.33. The van der Waals surface area contributed by atoms with Crippen molar-refractivity contribution < 1.29 is 9.90 Å². The van der Waals surface area contributed by atoms with Crippen LogP contribution in [0.4, 0.5) is 0 Å². The van der Waals surface area contributed by atoms with Crippen molar-refractivity contribution in [3.63, 3.8) is 0 Å². The monoisotopic (exact) mass is 648 g/mol. The van der Waals surface area contributed by atoms with Gasteiger partial charge in [0.25, 0.3) is 0 Å². The maximum Gasteiger partial charge on any atom is 0.226 e. The van der Waals surface area contributed by atoms with Crippen LogP contribution in [0.15, 0.2) is 85.4 Å². The first-order chi connectivity index (χ1) is 22.0.